The maximum Gasteiger partial charge on any atom is 0.406 e. The van der Waals surface area contributed by atoms with Crippen molar-refractivity contribution >= 4 is 17.7 Å². The van der Waals surface area contributed by atoms with Crippen LogP contribution in [0, 0.1) is 0 Å². The number of nitrogens with two attached hydrogens (primary N) is 1. The molecule has 2 rings (SSSR count). The van der Waals surface area contributed by atoms with Crippen LogP contribution in [-0.4, -0.2) is 47.9 Å². The summed E-state index contributed by atoms with van der Waals surface area (Å²) in [5.41, 5.74) is 5.33. The molecule has 1 fully saturated rings. The monoisotopic (exact) mass is 329 g/mol. The van der Waals surface area contributed by atoms with E-state index in [4.69, 9.17) is 5.73 Å². The molecule has 0 radical (unpaired) electrons. The molecular weight excluding hydrogens is 315 g/mol. The summed E-state index contributed by atoms with van der Waals surface area (Å²) in [6.45, 7) is -1.42. The van der Waals surface area contributed by atoms with E-state index in [1.54, 1.807) is 0 Å². The molecule has 1 unspecified atom stereocenters. The van der Waals surface area contributed by atoms with E-state index >= 15 is 0 Å². The van der Waals surface area contributed by atoms with Gasteiger partial charge < -0.3 is 16.0 Å². The van der Waals surface area contributed by atoms with Crippen molar-refractivity contribution in [3.05, 3.63) is 35.4 Å². The van der Waals surface area contributed by atoms with Crippen molar-refractivity contribution in [2.24, 2.45) is 5.73 Å². The maximum atomic E-state index is 12.3. The van der Waals surface area contributed by atoms with Crippen molar-refractivity contribution in [2.75, 3.05) is 13.1 Å². The fraction of sp³-hybridized carbons (Fsp3) is 0.357. The summed E-state index contributed by atoms with van der Waals surface area (Å²) in [6, 6.07) is 4.52. The number of hydrogen-bond donors (Lipinski definition) is 2. The van der Waals surface area contributed by atoms with Crippen LogP contribution in [0.4, 0.5) is 13.2 Å². The van der Waals surface area contributed by atoms with Gasteiger partial charge in [-0.15, -0.1) is 0 Å². The molecule has 3 amide bonds. The lowest BCUT2D eigenvalue weighted by Gasteiger charge is -2.18. The van der Waals surface area contributed by atoms with Gasteiger partial charge in [-0.05, 0) is 24.6 Å². The molecule has 0 aromatic heterocycles. The third kappa shape index (κ3) is 4.21. The highest BCUT2D eigenvalue weighted by Crippen LogP contribution is 2.21. The summed E-state index contributed by atoms with van der Waals surface area (Å²) in [7, 11) is 0. The van der Waals surface area contributed by atoms with Crippen LogP contribution in [0.15, 0.2) is 24.3 Å². The Kier molecular flexibility index (Phi) is 4.57. The average Bonchev–Trinajstić information content (AvgIpc) is 2.78. The Hall–Kier alpha value is -2.58. The Morgan fingerprint density at radius 1 is 1.30 bits per heavy atom. The number of benzene rings is 1. The summed E-state index contributed by atoms with van der Waals surface area (Å²) in [5.74, 6) is -2.14. The fourth-order valence-corrected chi connectivity index (χ4v) is 2.30. The lowest BCUT2D eigenvalue weighted by Crippen LogP contribution is -2.43. The molecule has 124 valence electrons. The number of halogens is 3. The van der Waals surface area contributed by atoms with Crippen molar-refractivity contribution in [3.63, 3.8) is 0 Å². The van der Waals surface area contributed by atoms with Gasteiger partial charge in [0, 0.05) is 17.7 Å². The molecule has 6 nitrogen and oxygen atoms in total. The molecule has 1 aliphatic rings. The molecule has 1 aliphatic heterocycles. The first-order valence-corrected chi connectivity index (χ1v) is 6.73. The number of amides is 3. The number of alkyl halides is 3. The Labute approximate surface area is 129 Å². The smallest absolute Gasteiger partial charge is 0.366 e. The Balaban J connectivity index is 2.02. The van der Waals surface area contributed by atoms with Crippen LogP contribution < -0.4 is 11.1 Å². The molecule has 1 atom stereocenters. The minimum atomic E-state index is -4.48. The van der Waals surface area contributed by atoms with Crippen LogP contribution in [0.5, 0.6) is 0 Å². The van der Waals surface area contributed by atoms with Gasteiger partial charge >= 0.3 is 6.18 Å². The van der Waals surface area contributed by atoms with Crippen LogP contribution in [0.25, 0.3) is 0 Å². The average molecular weight is 329 g/mol. The van der Waals surface area contributed by atoms with Gasteiger partial charge in [0.15, 0.2) is 0 Å². The Morgan fingerprint density at radius 3 is 2.57 bits per heavy atom. The zero-order valence-electron chi connectivity index (χ0n) is 11.9. The zero-order chi connectivity index (χ0) is 17.2. The molecular formula is C14H14F3N3O3. The highest BCUT2D eigenvalue weighted by molar-refractivity contribution is 6.01. The van der Waals surface area contributed by atoms with Gasteiger partial charge in [0.2, 0.25) is 11.8 Å². The highest BCUT2D eigenvalue weighted by Gasteiger charge is 2.39. The topological polar surface area (TPSA) is 92.5 Å². The van der Waals surface area contributed by atoms with E-state index in [-0.39, 0.29) is 24.1 Å². The third-order valence-electron chi connectivity index (χ3n) is 3.38. The summed E-state index contributed by atoms with van der Waals surface area (Å²) in [5, 5.41) is 2.38. The van der Waals surface area contributed by atoms with Crippen LogP contribution in [-0.2, 0) is 4.79 Å². The molecule has 23 heavy (non-hydrogen) atoms. The second kappa shape index (κ2) is 6.27. The first kappa shape index (κ1) is 16.8. The van der Waals surface area contributed by atoms with Crippen molar-refractivity contribution in [1.82, 2.24) is 10.2 Å². The van der Waals surface area contributed by atoms with Crippen molar-refractivity contribution in [1.29, 1.82) is 0 Å². The molecule has 1 aromatic rings. The second-order valence-corrected chi connectivity index (χ2v) is 5.13. The number of likely N-dealkylation sites (tertiary alicyclic amines) is 1. The number of carbonyl (C=O) groups excluding carboxylic acids is 3. The zero-order valence-corrected chi connectivity index (χ0v) is 11.9. The molecule has 0 saturated carbocycles. The summed E-state index contributed by atoms with van der Waals surface area (Å²) in [4.78, 5) is 35.6. The predicted molar refractivity (Wildman–Crippen MR) is 73.5 cm³/mol. The van der Waals surface area contributed by atoms with Gasteiger partial charge in [-0.1, -0.05) is 6.07 Å². The summed E-state index contributed by atoms with van der Waals surface area (Å²) < 4.78 is 37.0. The van der Waals surface area contributed by atoms with E-state index in [2.05, 4.69) is 5.32 Å². The van der Waals surface area contributed by atoms with E-state index in [1.807, 2.05) is 0 Å². The number of nitrogens with one attached hydrogen (secondary N) is 1. The largest absolute Gasteiger partial charge is 0.406 e. The number of rotatable bonds is 4. The number of nitrogens with zero attached hydrogens (tertiary/aromatic N) is 1. The maximum absolute atomic E-state index is 12.3. The van der Waals surface area contributed by atoms with E-state index < -0.39 is 36.5 Å². The van der Waals surface area contributed by atoms with Gasteiger partial charge in [-0.3, -0.25) is 14.4 Å². The first-order valence-electron chi connectivity index (χ1n) is 6.73. The Morgan fingerprint density at radius 2 is 1.96 bits per heavy atom. The minimum Gasteiger partial charge on any atom is -0.366 e. The predicted octanol–water partition coefficient (Wildman–Crippen LogP) is 0.678. The van der Waals surface area contributed by atoms with Gasteiger partial charge in [0.05, 0.1) is 0 Å². The van der Waals surface area contributed by atoms with Gasteiger partial charge in [0.1, 0.15) is 12.6 Å². The molecule has 1 heterocycles. The molecule has 0 aliphatic carbocycles. The lowest BCUT2D eigenvalue weighted by atomic mass is 10.1. The van der Waals surface area contributed by atoms with Crippen molar-refractivity contribution in [3.8, 4) is 0 Å². The van der Waals surface area contributed by atoms with E-state index in [9.17, 15) is 27.6 Å². The normalized spacial score (nSPS) is 18.1. The van der Waals surface area contributed by atoms with Crippen LogP contribution in [0.2, 0.25) is 0 Å². The van der Waals surface area contributed by atoms with Crippen LogP contribution in [0.1, 0.15) is 27.1 Å². The van der Waals surface area contributed by atoms with Crippen molar-refractivity contribution in [2.45, 2.75) is 18.6 Å². The number of carbonyl (C=O) groups is 3. The third-order valence-corrected chi connectivity index (χ3v) is 3.38. The van der Waals surface area contributed by atoms with Crippen LogP contribution in [0.3, 0.4) is 0 Å². The SMILES string of the molecule is NC(=O)c1cccc(C(=O)NC2CCN(CC(F)(F)F)C2=O)c1. The second-order valence-electron chi connectivity index (χ2n) is 5.13. The summed E-state index contributed by atoms with van der Waals surface area (Å²) in [6.07, 6.45) is -4.39. The number of primary amides is 1. The van der Waals surface area contributed by atoms with Gasteiger partial charge in [-0.2, -0.15) is 13.2 Å². The van der Waals surface area contributed by atoms with E-state index in [0.29, 0.717) is 4.90 Å². The summed E-state index contributed by atoms with van der Waals surface area (Å²) >= 11 is 0. The van der Waals surface area contributed by atoms with E-state index in [1.165, 1.54) is 24.3 Å². The first-order chi connectivity index (χ1) is 10.7. The fourth-order valence-electron chi connectivity index (χ4n) is 2.30. The minimum absolute atomic E-state index is 0.0788. The highest BCUT2D eigenvalue weighted by atomic mass is 19.4. The molecule has 9 heteroatoms. The molecule has 1 aromatic carbocycles. The standard InChI is InChI=1S/C14H14F3N3O3/c15-14(16,17)7-20-5-4-10(13(20)23)19-12(22)9-3-1-2-8(6-9)11(18)21/h1-3,6,10H,4-5,7H2,(H2,18,21)(H,19,22). The van der Waals surface area contributed by atoms with E-state index in [0.717, 1.165) is 0 Å². The molecule has 0 spiro atoms. The Bertz CT molecular complexity index is 646. The molecule has 1 saturated heterocycles. The lowest BCUT2D eigenvalue weighted by molar-refractivity contribution is -0.157. The quantitative estimate of drug-likeness (QED) is 0.851. The van der Waals surface area contributed by atoms with Crippen molar-refractivity contribution < 1.29 is 27.6 Å². The van der Waals surface area contributed by atoms with Gasteiger partial charge in [0.25, 0.3) is 5.91 Å². The van der Waals surface area contributed by atoms with Gasteiger partial charge in [-0.25, -0.2) is 0 Å². The molecule has 3 N–H and O–H groups in total. The number of hydrogen-bond acceptors (Lipinski definition) is 3. The van der Waals surface area contributed by atoms with Crippen LogP contribution >= 0.6 is 0 Å². The molecule has 0 bridgehead atoms.